The van der Waals surface area contributed by atoms with Crippen LogP contribution in [0.4, 0.5) is 5.69 Å². The van der Waals surface area contributed by atoms with Crippen LogP contribution in [0.15, 0.2) is 28.7 Å². The summed E-state index contributed by atoms with van der Waals surface area (Å²) in [7, 11) is -2.96. The minimum absolute atomic E-state index is 0.0889. The third-order valence-electron chi connectivity index (χ3n) is 3.31. The molecule has 1 aromatic carbocycles. The van der Waals surface area contributed by atoms with Crippen molar-refractivity contribution in [2.24, 2.45) is 0 Å². The highest BCUT2D eigenvalue weighted by Crippen LogP contribution is 2.22. The molecule has 1 aromatic rings. The molecule has 1 fully saturated rings. The number of hydrogen-bond acceptors (Lipinski definition) is 4. The first-order valence-electron chi connectivity index (χ1n) is 6.29. The van der Waals surface area contributed by atoms with Crippen LogP contribution in [0.2, 0.25) is 0 Å². The number of amides is 1. The summed E-state index contributed by atoms with van der Waals surface area (Å²) in [6.45, 7) is 1.94. The van der Waals surface area contributed by atoms with Gasteiger partial charge in [-0.3, -0.25) is 4.79 Å². The molecular formula is C13H17BrN2O3S. The van der Waals surface area contributed by atoms with Gasteiger partial charge < -0.3 is 10.6 Å². The van der Waals surface area contributed by atoms with E-state index in [0.717, 1.165) is 4.47 Å². The zero-order valence-corrected chi connectivity index (χ0v) is 13.6. The molecule has 1 atom stereocenters. The Morgan fingerprint density at radius 1 is 1.35 bits per heavy atom. The highest BCUT2D eigenvalue weighted by atomic mass is 79.9. The lowest BCUT2D eigenvalue weighted by Crippen LogP contribution is -2.46. The molecule has 1 aliphatic heterocycles. The quantitative estimate of drug-likeness (QED) is 0.854. The van der Waals surface area contributed by atoms with Crippen molar-refractivity contribution in [2.45, 2.75) is 18.9 Å². The molecule has 2 rings (SSSR count). The van der Waals surface area contributed by atoms with E-state index in [1.165, 1.54) is 0 Å². The maximum absolute atomic E-state index is 11.8. The van der Waals surface area contributed by atoms with E-state index < -0.39 is 15.4 Å². The maximum atomic E-state index is 11.8. The second-order valence-corrected chi connectivity index (χ2v) is 8.41. The van der Waals surface area contributed by atoms with Crippen LogP contribution in [0.25, 0.3) is 0 Å². The monoisotopic (exact) mass is 360 g/mol. The van der Waals surface area contributed by atoms with Crippen LogP contribution in [0.1, 0.15) is 13.3 Å². The summed E-state index contributed by atoms with van der Waals surface area (Å²) in [6.07, 6.45) is 0.543. The Balaban J connectivity index is 1.85. The summed E-state index contributed by atoms with van der Waals surface area (Å²) < 4.78 is 23.9. The number of hydrogen-bond donors (Lipinski definition) is 2. The highest BCUT2D eigenvalue weighted by Gasteiger charge is 2.38. The van der Waals surface area contributed by atoms with Crippen LogP contribution >= 0.6 is 15.9 Å². The Morgan fingerprint density at radius 3 is 2.55 bits per heavy atom. The van der Waals surface area contributed by atoms with Crippen LogP contribution in [0.3, 0.4) is 0 Å². The molecule has 20 heavy (non-hydrogen) atoms. The normalized spacial score (nSPS) is 24.5. The average molecular weight is 361 g/mol. The zero-order valence-electron chi connectivity index (χ0n) is 11.1. The second-order valence-electron chi connectivity index (χ2n) is 5.31. The van der Waals surface area contributed by atoms with Gasteiger partial charge in [-0.2, -0.15) is 0 Å². The molecule has 0 saturated carbocycles. The van der Waals surface area contributed by atoms with Gasteiger partial charge in [-0.05, 0) is 37.6 Å². The standard InChI is InChI=1S/C13H17BrN2O3S/c1-13(6-7-20(18,19)9-13)15-8-12(17)16-11-4-2-10(14)3-5-11/h2-5,15H,6-9H2,1H3,(H,16,17). The lowest BCUT2D eigenvalue weighted by atomic mass is 10.0. The summed E-state index contributed by atoms with van der Waals surface area (Å²) >= 11 is 3.32. The van der Waals surface area contributed by atoms with Gasteiger partial charge in [-0.25, -0.2) is 8.42 Å². The van der Waals surface area contributed by atoms with E-state index in [1.807, 2.05) is 19.1 Å². The molecule has 7 heteroatoms. The maximum Gasteiger partial charge on any atom is 0.238 e. The van der Waals surface area contributed by atoms with Gasteiger partial charge in [0.25, 0.3) is 0 Å². The Labute approximate surface area is 127 Å². The third kappa shape index (κ3) is 4.29. The molecule has 0 spiro atoms. The number of halogens is 1. The van der Waals surface area contributed by atoms with Gasteiger partial charge in [0.1, 0.15) is 0 Å². The predicted octanol–water partition coefficient (Wildman–Crippen LogP) is 1.55. The van der Waals surface area contributed by atoms with E-state index in [9.17, 15) is 13.2 Å². The van der Waals surface area contributed by atoms with Crippen molar-refractivity contribution < 1.29 is 13.2 Å². The predicted molar refractivity (Wildman–Crippen MR) is 82.5 cm³/mol. The van der Waals surface area contributed by atoms with E-state index in [-0.39, 0.29) is 24.0 Å². The SMILES string of the molecule is CC1(NCC(=O)Nc2ccc(Br)cc2)CCS(=O)(=O)C1. The Morgan fingerprint density at radius 2 is 2.00 bits per heavy atom. The number of nitrogens with one attached hydrogen (secondary N) is 2. The van der Waals surface area contributed by atoms with E-state index in [1.54, 1.807) is 12.1 Å². The topological polar surface area (TPSA) is 75.3 Å². The van der Waals surface area contributed by atoms with Crippen LogP contribution in [-0.2, 0) is 14.6 Å². The van der Waals surface area contributed by atoms with E-state index in [4.69, 9.17) is 0 Å². The summed E-state index contributed by atoms with van der Waals surface area (Å²) in [5.74, 6) is 0.0917. The van der Waals surface area contributed by atoms with Crippen molar-refractivity contribution in [2.75, 3.05) is 23.4 Å². The lowest BCUT2D eigenvalue weighted by molar-refractivity contribution is -0.115. The number of rotatable bonds is 4. The molecule has 110 valence electrons. The fourth-order valence-electron chi connectivity index (χ4n) is 2.18. The molecule has 1 unspecified atom stereocenters. The molecule has 1 aliphatic rings. The van der Waals surface area contributed by atoms with Gasteiger partial charge in [0.05, 0.1) is 18.1 Å². The molecule has 1 amide bonds. The Kier molecular flexibility index (Phi) is 4.51. The lowest BCUT2D eigenvalue weighted by Gasteiger charge is -2.23. The zero-order chi connectivity index (χ0) is 14.8. The molecule has 0 aromatic heterocycles. The number of carbonyl (C=O) groups is 1. The molecule has 2 N–H and O–H groups in total. The van der Waals surface area contributed by atoms with E-state index in [0.29, 0.717) is 12.1 Å². The van der Waals surface area contributed by atoms with Crippen molar-refractivity contribution in [3.05, 3.63) is 28.7 Å². The minimum Gasteiger partial charge on any atom is -0.325 e. The molecule has 0 bridgehead atoms. The summed E-state index contributed by atoms with van der Waals surface area (Å²) in [4.78, 5) is 11.8. The Bertz CT molecular complexity index is 601. The van der Waals surface area contributed by atoms with Crippen LogP contribution in [0.5, 0.6) is 0 Å². The van der Waals surface area contributed by atoms with Gasteiger partial charge in [0, 0.05) is 15.7 Å². The molecular weight excluding hydrogens is 344 g/mol. The minimum atomic E-state index is -2.96. The number of sulfone groups is 1. The van der Waals surface area contributed by atoms with E-state index in [2.05, 4.69) is 26.6 Å². The fraction of sp³-hybridized carbons (Fsp3) is 0.462. The number of anilines is 1. The molecule has 1 heterocycles. The first-order valence-corrected chi connectivity index (χ1v) is 8.90. The smallest absolute Gasteiger partial charge is 0.238 e. The first-order chi connectivity index (χ1) is 9.28. The third-order valence-corrected chi connectivity index (χ3v) is 5.74. The molecule has 5 nitrogen and oxygen atoms in total. The van der Waals surface area contributed by atoms with Gasteiger partial charge in [-0.15, -0.1) is 0 Å². The fourth-order valence-corrected chi connectivity index (χ4v) is 4.57. The molecule has 0 aliphatic carbocycles. The largest absolute Gasteiger partial charge is 0.325 e. The number of carbonyl (C=O) groups excluding carboxylic acids is 1. The highest BCUT2D eigenvalue weighted by molar-refractivity contribution is 9.10. The van der Waals surface area contributed by atoms with Crippen LogP contribution in [-0.4, -0.2) is 37.9 Å². The van der Waals surface area contributed by atoms with E-state index >= 15 is 0 Å². The van der Waals surface area contributed by atoms with Crippen LogP contribution in [0, 0.1) is 0 Å². The van der Waals surface area contributed by atoms with Gasteiger partial charge >= 0.3 is 0 Å². The van der Waals surface area contributed by atoms with Gasteiger partial charge in [0.2, 0.25) is 5.91 Å². The number of benzene rings is 1. The summed E-state index contributed by atoms with van der Waals surface area (Å²) in [5, 5.41) is 5.80. The van der Waals surface area contributed by atoms with Crippen molar-refractivity contribution >= 4 is 37.4 Å². The van der Waals surface area contributed by atoms with Gasteiger partial charge in [-0.1, -0.05) is 15.9 Å². The van der Waals surface area contributed by atoms with Crippen LogP contribution < -0.4 is 10.6 Å². The summed E-state index contributed by atoms with van der Waals surface area (Å²) in [5.41, 5.74) is 0.208. The van der Waals surface area contributed by atoms with Crippen molar-refractivity contribution in [3.8, 4) is 0 Å². The first kappa shape index (κ1) is 15.5. The van der Waals surface area contributed by atoms with Crippen molar-refractivity contribution in [1.82, 2.24) is 5.32 Å². The molecule has 0 radical (unpaired) electrons. The summed E-state index contributed by atoms with van der Waals surface area (Å²) in [6, 6.07) is 7.27. The van der Waals surface area contributed by atoms with Gasteiger partial charge in [0.15, 0.2) is 9.84 Å². The Hall–Kier alpha value is -0.920. The second kappa shape index (κ2) is 5.83. The van der Waals surface area contributed by atoms with Crippen molar-refractivity contribution in [1.29, 1.82) is 0 Å². The van der Waals surface area contributed by atoms with Crippen molar-refractivity contribution in [3.63, 3.8) is 0 Å². The molecule has 1 saturated heterocycles. The average Bonchev–Trinajstić information content (AvgIpc) is 2.65.